The van der Waals surface area contributed by atoms with Crippen LogP contribution in [0.4, 0.5) is 5.69 Å². The SMILES string of the molecule is CCc1cccc(C)c1N1CC2(CCNCC2)C1. The highest BCUT2D eigenvalue weighted by atomic mass is 15.2. The van der Waals surface area contributed by atoms with Gasteiger partial charge in [-0.3, -0.25) is 0 Å². The number of para-hydroxylation sites is 1. The second-order valence-electron chi connectivity index (χ2n) is 6.04. The molecular formula is C16H24N2. The number of nitrogens with zero attached hydrogens (tertiary/aromatic N) is 1. The predicted octanol–water partition coefficient (Wildman–Crippen LogP) is 2.75. The van der Waals surface area contributed by atoms with Gasteiger partial charge in [0.1, 0.15) is 0 Å². The van der Waals surface area contributed by atoms with Gasteiger partial charge in [-0.2, -0.15) is 0 Å². The van der Waals surface area contributed by atoms with Crippen LogP contribution in [0.3, 0.4) is 0 Å². The second kappa shape index (κ2) is 4.58. The molecule has 2 aliphatic rings. The Morgan fingerprint density at radius 3 is 2.61 bits per heavy atom. The topological polar surface area (TPSA) is 15.3 Å². The second-order valence-corrected chi connectivity index (χ2v) is 6.04. The summed E-state index contributed by atoms with van der Waals surface area (Å²) in [6.07, 6.45) is 3.86. The van der Waals surface area contributed by atoms with Gasteiger partial charge in [0.25, 0.3) is 0 Å². The van der Waals surface area contributed by atoms with Crippen molar-refractivity contribution in [3.8, 4) is 0 Å². The minimum absolute atomic E-state index is 0.624. The molecule has 2 heteroatoms. The van der Waals surface area contributed by atoms with Crippen LogP contribution in [0.25, 0.3) is 0 Å². The lowest BCUT2D eigenvalue weighted by atomic mass is 9.72. The third-order valence-corrected chi connectivity index (χ3v) is 4.74. The van der Waals surface area contributed by atoms with E-state index in [2.05, 4.69) is 42.3 Å². The lowest BCUT2D eigenvalue weighted by molar-refractivity contribution is 0.149. The van der Waals surface area contributed by atoms with E-state index < -0.39 is 0 Å². The summed E-state index contributed by atoms with van der Waals surface area (Å²) in [7, 11) is 0. The largest absolute Gasteiger partial charge is 0.370 e. The van der Waals surface area contributed by atoms with Gasteiger partial charge in [0.05, 0.1) is 0 Å². The standard InChI is InChI=1S/C16H24N2/c1-3-14-6-4-5-13(2)15(14)18-11-16(12-18)7-9-17-10-8-16/h4-6,17H,3,7-12H2,1-2H3. The summed E-state index contributed by atoms with van der Waals surface area (Å²) in [6, 6.07) is 6.73. The Kier molecular flexibility index (Phi) is 3.06. The highest BCUT2D eigenvalue weighted by molar-refractivity contribution is 5.61. The van der Waals surface area contributed by atoms with Gasteiger partial charge in [0.15, 0.2) is 0 Å². The third kappa shape index (κ3) is 1.93. The molecule has 0 aromatic heterocycles. The first kappa shape index (κ1) is 12.0. The molecule has 18 heavy (non-hydrogen) atoms. The molecule has 1 aromatic carbocycles. The van der Waals surface area contributed by atoms with Crippen molar-refractivity contribution in [3.63, 3.8) is 0 Å². The van der Waals surface area contributed by atoms with Crippen LogP contribution in [0, 0.1) is 12.3 Å². The van der Waals surface area contributed by atoms with E-state index in [9.17, 15) is 0 Å². The molecule has 3 rings (SSSR count). The highest BCUT2D eigenvalue weighted by Gasteiger charge is 2.44. The predicted molar refractivity (Wildman–Crippen MR) is 77.3 cm³/mol. The average Bonchev–Trinajstić information content (AvgIpc) is 2.37. The minimum Gasteiger partial charge on any atom is -0.370 e. The van der Waals surface area contributed by atoms with Gasteiger partial charge < -0.3 is 10.2 Å². The Balaban J connectivity index is 1.78. The molecule has 98 valence electrons. The Hall–Kier alpha value is -1.02. The fourth-order valence-corrected chi connectivity index (χ4v) is 3.65. The van der Waals surface area contributed by atoms with Crippen molar-refractivity contribution in [2.45, 2.75) is 33.1 Å². The van der Waals surface area contributed by atoms with Gasteiger partial charge in [0.2, 0.25) is 0 Å². The van der Waals surface area contributed by atoms with Crippen molar-refractivity contribution in [2.24, 2.45) is 5.41 Å². The molecule has 1 spiro atoms. The fourth-order valence-electron chi connectivity index (χ4n) is 3.65. The van der Waals surface area contributed by atoms with Crippen molar-refractivity contribution in [1.29, 1.82) is 0 Å². The Bertz CT molecular complexity index is 425. The van der Waals surface area contributed by atoms with Gasteiger partial charge in [-0.25, -0.2) is 0 Å². The maximum absolute atomic E-state index is 3.48. The van der Waals surface area contributed by atoms with Gasteiger partial charge in [-0.1, -0.05) is 25.1 Å². The van der Waals surface area contributed by atoms with Crippen molar-refractivity contribution < 1.29 is 0 Å². The molecule has 2 heterocycles. The van der Waals surface area contributed by atoms with Crippen LogP contribution in [0.1, 0.15) is 30.9 Å². The summed E-state index contributed by atoms with van der Waals surface area (Å²) in [5.41, 5.74) is 5.10. The van der Waals surface area contributed by atoms with E-state index in [1.54, 1.807) is 0 Å². The number of hydrogen-bond acceptors (Lipinski definition) is 2. The zero-order valence-electron chi connectivity index (χ0n) is 11.6. The van der Waals surface area contributed by atoms with Crippen molar-refractivity contribution in [1.82, 2.24) is 5.32 Å². The molecule has 2 fully saturated rings. The summed E-state index contributed by atoms with van der Waals surface area (Å²) in [4.78, 5) is 2.61. The fraction of sp³-hybridized carbons (Fsp3) is 0.625. The van der Waals surface area contributed by atoms with E-state index in [1.165, 1.54) is 55.8 Å². The van der Waals surface area contributed by atoms with Crippen molar-refractivity contribution >= 4 is 5.69 Å². The van der Waals surface area contributed by atoms with Crippen LogP contribution in [-0.4, -0.2) is 26.2 Å². The summed E-state index contributed by atoms with van der Waals surface area (Å²) >= 11 is 0. The quantitative estimate of drug-likeness (QED) is 0.860. The van der Waals surface area contributed by atoms with E-state index >= 15 is 0 Å². The number of piperidine rings is 1. The zero-order valence-corrected chi connectivity index (χ0v) is 11.6. The summed E-state index contributed by atoms with van der Waals surface area (Å²) in [5.74, 6) is 0. The molecule has 0 bridgehead atoms. The average molecular weight is 244 g/mol. The molecule has 2 saturated heterocycles. The summed E-state index contributed by atoms with van der Waals surface area (Å²) < 4.78 is 0. The van der Waals surface area contributed by atoms with Crippen molar-refractivity contribution in [3.05, 3.63) is 29.3 Å². The Morgan fingerprint density at radius 1 is 1.22 bits per heavy atom. The Morgan fingerprint density at radius 2 is 1.94 bits per heavy atom. The van der Waals surface area contributed by atoms with Gasteiger partial charge in [-0.15, -0.1) is 0 Å². The van der Waals surface area contributed by atoms with E-state index in [0.717, 1.165) is 6.42 Å². The highest BCUT2D eigenvalue weighted by Crippen LogP contribution is 2.43. The molecular weight excluding hydrogens is 220 g/mol. The number of rotatable bonds is 2. The number of aryl methyl sites for hydroxylation is 2. The van der Waals surface area contributed by atoms with Crippen LogP contribution in [0.5, 0.6) is 0 Å². The van der Waals surface area contributed by atoms with Gasteiger partial charge in [-0.05, 0) is 50.4 Å². The van der Waals surface area contributed by atoms with Crippen LogP contribution in [0.2, 0.25) is 0 Å². The number of benzene rings is 1. The minimum atomic E-state index is 0.624. The number of anilines is 1. The van der Waals surface area contributed by atoms with E-state index in [0.29, 0.717) is 5.41 Å². The van der Waals surface area contributed by atoms with E-state index in [1.807, 2.05) is 0 Å². The zero-order chi connectivity index (χ0) is 12.6. The molecule has 1 aromatic rings. The molecule has 0 atom stereocenters. The normalized spacial score (nSPS) is 22.0. The van der Waals surface area contributed by atoms with Crippen molar-refractivity contribution in [2.75, 3.05) is 31.1 Å². The van der Waals surface area contributed by atoms with E-state index in [-0.39, 0.29) is 0 Å². The number of nitrogens with one attached hydrogen (secondary N) is 1. The first-order valence-electron chi connectivity index (χ1n) is 7.28. The monoisotopic (exact) mass is 244 g/mol. The van der Waals surface area contributed by atoms with Gasteiger partial charge >= 0.3 is 0 Å². The lowest BCUT2D eigenvalue weighted by Gasteiger charge is -2.54. The summed E-state index contributed by atoms with van der Waals surface area (Å²) in [6.45, 7) is 9.48. The third-order valence-electron chi connectivity index (χ3n) is 4.74. The molecule has 0 saturated carbocycles. The molecule has 0 unspecified atom stereocenters. The summed E-state index contributed by atoms with van der Waals surface area (Å²) in [5, 5.41) is 3.48. The smallest absolute Gasteiger partial charge is 0.0428 e. The molecule has 0 amide bonds. The van der Waals surface area contributed by atoms with Crippen LogP contribution < -0.4 is 10.2 Å². The maximum Gasteiger partial charge on any atom is 0.0428 e. The molecule has 2 aliphatic heterocycles. The first-order valence-corrected chi connectivity index (χ1v) is 7.28. The van der Waals surface area contributed by atoms with E-state index in [4.69, 9.17) is 0 Å². The maximum atomic E-state index is 3.48. The molecule has 0 radical (unpaired) electrons. The molecule has 1 N–H and O–H groups in total. The lowest BCUT2D eigenvalue weighted by Crippen LogP contribution is -2.60. The van der Waals surface area contributed by atoms with Gasteiger partial charge in [0, 0.05) is 24.2 Å². The molecule has 2 nitrogen and oxygen atoms in total. The van der Waals surface area contributed by atoms with Crippen LogP contribution in [-0.2, 0) is 6.42 Å². The first-order chi connectivity index (χ1) is 8.74. The molecule has 0 aliphatic carbocycles. The number of hydrogen-bond donors (Lipinski definition) is 1. The van der Waals surface area contributed by atoms with Crippen LogP contribution >= 0.6 is 0 Å². The van der Waals surface area contributed by atoms with Crippen LogP contribution in [0.15, 0.2) is 18.2 Å². The Labute approximate surface area is 110 Å².